The van der Waals surface area contributed by atoms with Gasteiger partial charge in [0.05, 0.1) is 12.2 Å². The number of nitrogens with zero attached hydrogens (tertiary/aromatic N) is 1. The summed E-state index contributed by atoms with van der Waals surface area (Å²) in [5, 5.41) is 3.54. The van der Waals surface area contributed by atoms with E-state index >= 15 is 0 Å². The molecule has 0 aliphatic carbocycles. The zero-order valence-electron chi connectivity index (χ0n) is 13.4. The molecule has 0 bridgehead atoms. The molecule has 1 N–H and O–H groups in total. The lowest BCUT2D eigenvalue weighted by molar-refractivity contribution is 0.208. The zero-order valence-corrected chi connectivity index (χ0v) is 14.1. The van der Waals surface area contributed by atoms with Gasteiger partial charge in [-0.1, -0.05) is 23.7 Å². The molecule has 2 aromatic rings. The fraction of sp³-hybridized carbons (Fsp3) is 0.278. The van der Waals surface area contributed by atoms with Gasteiger partial charge in [-0.25, -0.2) is 4.79 Å². The van der Waals surface area contributed by atoms with Gasteiger partial charge in [0.2, 0.25) is 0 Å². The Morgan fingerprint density at radius 1 is 1.26 bits per heavy atom. The van der Waals surface area contributed by atoms with Gasteiger partial charge in [0.1, 0.15) is 11.9 Å². The van der Waals surface area contributed by atoms with E-state index in [4.69, 9.17) is 16.3 Å². The smallest absolute Gasteiger partial charge is 0.326 e. The summed E-state index contributed by atoms with van der Waals surface area (Å²) < 4.78 is 5.82. The fourth-order valence-corrected chi connectivity index (χ4v) is 2.82. The number of aryl methyl sites for hydroxylation is 2. The van der Waals surface area contributed by atoms with E-state index in [1.165, 1.54) is 0 Å². The summed E-state index contributed by atoms with van der Waals surface area (Å²) in [6.07, 6.45) is -0.0589. The number of nitrogens with one attached hydrogen (secondary N) is 1. The summed E-state index contributed by atoms with van der Waals surface area (Å²) >= 11 is 6.03. The Hall–Kier alpha value is -2.20. The van der Waals surface area contributed by atoms with E-state index in [0.29, 0.717) is 11.6 Å². The van der Waals surface area contributed by atoms with Crippen molar-refractivity contribution in [3.63, 3.8) is 0 Å². The largest absolute Gasteiger partial charge is 0.487 e. The number of hydrogen-bond acceptors (Lipinski definition) is 2. The summed E-state index contributed by atoms with van der Waals surface area (Å²) in [5.41, 5.74) is 3.56. The highest BCUT2D eigenvalue weighted by atomic mass is 35.5. The van der Waals surface area contributed by atoms with Crippen LogP contribution in [0.3, 0.4) is 0 Å². The summed E-state index contributed by atoms with van der Waals surface area (Å²) in [6.45, 7) is 6.39. The number of benzene rings is 2. The summed E-state index contributed by atoms with van der Waals surface area (Å²) in [7, 11) is 0. The highest BCUT2D eigenvalue weighted by Gasteiger charge is 2.28. The Balaban J connectivity index is 1.91. The zero-order chi connectivity index (χ0) is 16.6. The standard InChI is InChI=1S/C18H19ClN2O2/c1-11-4-7-17-16(8-11)21(10-13(3)23-17)18(22)20-15-9-14(19)6-5-12(15)2/h4-9,13H,10H2,1-3H3,(H,20,22)/t13-/m0/s1. The van der Waals surface area contributed by atoms with Crippen molar-refractivity contribution in [2.75, 3.05) is 16.8 Å². The molecule has 0 saturated heterocycles. The van der Waals surface area contributed by atoms with Crippen LogP contribution in [-0.4, -0.2) is 18.7 Å². The number of anilines is 2. The van der Waals surface area contributed by atoms with E-state index in [1.54, 1.807) is 11.0 Å². The highest BCUT2D eigenvalue weighted by molar-refractivity contribution is 6.31. The molecular formula is C18H19ClN2O2. The van der Waals surface area contributed by atoms with Crippen molar-refractivity contribution in [1.29, 1.82) is 0 Å². The van der Waals surface area contributed by atoms with Gasteiger partial charge in [-0.05, 0) is 56.2 Å². The van der Waals surface area contributed by atoms with Gasteiger partial charge < -0.3 is 10.1 Å². The first kappa shape index (κ1) is 15.7. The van der Waals surface area contributed by atoms with Crippen LogP contribution >= 0.6 is 11.6 Å². The van der Waals surface area contributed by atoms with Crippen molar-refractivity contribution in [2.45, 2.75) is 26.9 Å². The van der Waals surface area contributed by atoms with Gasteiger partial charge in [-0.15, -0.1) is 0 Å². The topological polar surface area (TPSA) is 41.6 Å². The second kappa shape index (κ2) is 6.13. The molecule has 1 heterocycles. The SMILES string of the molecule is Cc1ccc2c(c1)N(C(=O)Nc1cc(Cl)ccc1C)C[C@H](C)O2. The maximum Gasteiger partial charge on any atom is 0.326 e. The van der Waals surface area contributed by atoms with Crippen molar-refractivity contribution < 1.29 is 9.53 Å². The molecule has 3 rings (SSSR count). The predicted molar refractivity (Wildman–Crippen MR) is 93.8 cm³/mol. The molecule has 0 saturated carbocycles. The maximum absolute atomic E-state index is 12.8. The van der Waals surface area contributed by atoms with Gasteiger partial charge in [-0.2, -0.15) is 0 Å². The first-order valence-electron chi connectivity index (χ1n) is 7.56. The molecule has 1 aliphatic rings. The number of carbonyl (C=O) groups excluding carboxylic acids is 1. The van der Waals surface area contributed by atoms with Crippen LogP contribution in [0.25, 0.3) is 0 Å². The Labute approximate surface area is 141 Å². The lowest BCUT2D eigenvalue weighted by Crippen LogP contribution is -2.44. The quantitative estimate of drug-likeness (QED) is 0.817. The molecule has 0 fully saturated rings. The third-order valence-electron chi connectivity index (χ3n) is 3.86. The molecule has 23 heavy (non-hydrogen) atoms. The average molecular weight is 331 g/mol. The molecule has 120 valence electrons. The number of urea groups is 1. The predicted octanol–water partition coefficient (Wildman–Crippen LogP) is 4.78. The van der Waals surface area contributed by atoms with Gasteiger partial charge in [-0.3, -0.25) is 4.90 Å². The number of carbonyl (C=O) groups is 1. The van der Waals surface area contributed by atoms with Crippen LogP contribution in [0, 0.1) is 13.8 Å². The molecule has 2 amide bonds. The van der Waals surface area contributed by atoms with Crippen molar-refractivity contribution in [3.8, 4) is 5.75 Å². The number of hydrogen-bond donors (Lipinski definition) is 1. The second-order valence-electron chi connectivity index (χ2n) is 5.90. The monoisotopic (exact) mass is 330 g/mol. The Morgan fingerprint density at radius 3 is 2.83 bits per heavy atom. The third-order valence-corrected chi connectivity index (χ3v) is 4.09. The lowest BCUT2D eigenvalue weighted by Gasteiger charge is -2.33. The molecule has 4 nitrogen and oxygen atoms in total. The Kier molecular flexibility index (Phi) is 4.18. The van der Waals surface area contributed by atoms with Gasteiger partial charge in [0, 0.05) is 10.7 Å². The number of amides is 2. The van der Waals surface area contributed by atoms with Gasteiger partial charge >= 0.3 is 6.03 Å². The van der Waals surface area contributed by atoms with Crippen LogP contribution in [-0.2, 0) is 0 Å². The van der Waals surface area contributed by atoms with E-state index in [0.717, 1.165) is 28.3 Å². The maximum atomic E-state index is 12.8. The minimum absolute atomic E-state index is 0.0589. The first-order valence-corrected chi connectivity index (χ1v) is 7.94. The minimum Gasteiger partial charge on any atom is -0.487 e. The second-order valence-corrected chi connectivity index (χ2v) is 6.34. The highest BCUT2D eigenvalue weighted by Crippen LogP contribution is 2.34. The van der Waals surface area contributed by atoms with E-state index in [2.05, 4.69) is 5.32 Å². The lowest BCUT2D eigenvalue weighted by atomic mass is 10.1. The third kappa shape index (κ3) is 3.27. The molecule has 2 aromatic carbocycles. The number of fused-ring (bicyclic) bond motifs is 1. The number of rotatable bonds is 1. The molecule has 1 aliphatic heterocycles. The molecule has 0 radical (unpaired) electrons. The fourth-order valence-electron chi connectivity index (χ4n) is 2.65. The Morgan fingerprint density at radius 2 is 2.04 bits per heavy atom. The molecule has 0 unspecified atom stereocenters. The van der Waals surface area contributed by atoms with E-state index < -0.39 is 0 Å². The van der Waals surface area contributed by atoms with Gasteiger partial charge in [0.25, 0.3) is 0 Å². The van der Waals surface area contributed by atoms with Crippen LogP contribution in [0.15, 0.2) is 36.4 Å². The molecule has 0 aromatic heterocycles. The van der Waals surface area contributed by atoms with Crippen LogP contribution in [0.2, 0.25) is 5.02 Å². The van der Waals surface area contributed by atoms with Crippen LogP contribution in [0.1, 0.15) is 18.1 Å². The van der Waals surface area contributed by atoms with Crippen molar-refractivity contribution in [1.82, 2.24) is 0 Å². The van der Waals surface area contributed by atoms with Crippen molar-refractivity contribution in [2.24, 2.45) is 0 Å². The minimum atomic E-state index is -0.183. The molecule has 0 spiro atoms. The molecule has 5 heteroatoms. The number of ether oxygens (including phenoxy) is 1. The first-order chi connectivity index (χ1) is 10.9. The Bertz CT molecular complexity index is 761. The van der Waals surface area contributed by atoms with Crippen LogP contribution in [0.5, 0.6) is 5.75 Å². The summed E-state index contributed by atoms with van der Waals surface area (Å²) in [4.78, 5) is 14.5. The van der Waals surface area contributed by atoms with E-state index in [1.807, 2.05) is 51.1 Å². The normalized spacial score (nSPS) is 16.5. The van der Waals surface area contributed by atoms with Crippen LogP contribution in [0.4, 0.5) is 16.2 Å². The summed E-state index contributed by atoms with van der Waals surface area (Å²) in [6, 6.07) is 11.1. The van der Waals surface area contributed by atoms with E-state index in [-0.39, 0.29) is 12.1 Å². The molecular weight excluding hydrogens is 312 g/mol. The van der Waals surface area contributed by atoms with Crippen LogP contribution < -0.4 is 15.0 Å². The van der Waals surface area contributed by atoms with Crippen molar-refractivity contribution >= 4 is 29.0 Å². The average Bonchev–Trinajstić information content (AvgIpc) is 2.50. The van der Waals surface area contributed by atoms with E-state index in [9.17, 15) is 4.79 Å². The molecule has 1 atom stereocenters. The summed E-state index contributed by atoms with van der Waals surface area (Å²) in [5.74, 6) is 0.729. The van der Waals surface area contributed by atoms with Crippen molar-refractivity contribution in [3.05, 3.63) is 52.5 Å². The van der Waals surface area contributed by atoms with Gasteiger partial charge in [0.15, 0.2) is 0 Å². The number of halogens is 1.